The molecule has 4 nitrogen and oxygen atoms in total. The second-order valence-electron chi connectivity index (χ2n) is 4.44. The fraction of sp³-hybridized carbons (Fsp3) is 0.909. The Kier molecular flexibility index (Phi) is 6.52. The van der Waals surface area contributed by atoms with Gasteiger partial charge in [0.2, 0.25) is 5.91 Å². The second kappa shape index (κ2) is 6.80. The molecule has 0 aromatic heterocycles. The lowest BCUT2D eigenvalue weighted by molar-refractivity contribution is -0.126. The third-order valence-corrected chi connectivity index (χ3v) is 2.35. The molecule has 0 spiro atoms. The number of carbonyl (C=O) groups is 1. The first kappa shape index (κ1) is 14.4. The Morgan fingerprint density at radius 1 is 1.60 bits per heavy atom. The molecule has 0 rings (SSSR count). The zero-order chi connectivity index (χ0) is 11.9. The van der Waals surface area contributed by atoms with Gasteiger partial charge in [-0.05, 0) is 19.3 Å². The van der Waals surface area contributed by atoms with Crippen LogP contribution in [0.3, 0.4) is 0 Å². The van der Waals surface area contributed by atoms with Gasteiger partial charge >= 0.3 is 0 Å². The average molecular weight is 216 g/mol. The Morgan fingerprint density at radius 3 is 2.67 bits per heavy atom. The van der Waals surface area contributed by atoms with Crippen molar-refractivity contribution in [1.82, 2.24) is 5.32 Å². The molecule has 90 valence electrons. The molecule has 0 aliphatic carbocycles. The van der Waals surface area contributed by atoms with Gasteiger partial charge in [0.1, 0.15) is 0 Å². The third-order valence-electron chi connectivity index (χ3n) is 2.35. The van der Waals surface area contributed by atoms with Gasteiger partial charge < -0.3 is 15.8 Å². The summed E-state index contributed by atoms with van der Waals surface area (Å²) in [6.45, 7) is 7.08. The number of nitrogens with two attached hydrogens (primary N) is 1. The second-order valence-corrected chi connectivity index (χ2v) is 4.44. The van der Waals surface area contributed by atoms with Crippen molar-refractivity contribution in [2.45, 2.75) is 39.2 Å². The van der Waals surface area contributed by atoms with Gasteiger partial charge in [-0.3, -0.25) is 4.79 Å². The number of hydrogen-bond acceptors (Lipinski definition) is 3. The normalized spacial score (nSPS) is 16.9. The summed E-state index contributed by atoms with van der Waals surface area (Å²) in [5, 5.41) is 2.85. The Bertz CT molecular complexity index is 193. The third kappa shape index (κ3) is 5.74. The van der Waals surface area contributed by atoms with Gasteiger partial charge in [-0.25, -0.2) is 0 Å². The maximum Gasteiger partial charge on any atom is 0.239 e. The van der Waals surface area contributed by atoms with Crippen molar-refractivity contribution in [3.63, 3.8) is 0 Å². The Balaban J connectivity index is 3.92. The summed E-state index contributed by atoms with van der Waals surface area (Å²) >= 11 is 0. The molecule has 2 atom stereocenters. The van der Waals surface area contributed by atoms with E-state index in [-0.39, 0.29) is 5.91 Å². The van der Waals surface area contributed by atoms with Crippen molar-refractivity contribution in [3.8, 4) is 0 Å². The smallest absolute Gasteiger partial charge is 0.239 e. The van der Waals surface area contributed by atoms with E-state index in [9.17, 15) is 4.79 Å². The van der Waals surface area contributed by atoms with Gasteiger partial charge in [-0.15, -0.1) is 0 Å². The monoisotopic (exact) mass is 216 g/mol. The highest BCUT2D eigenvalue weighted by molar-refractivity contribution is 5.85. The molecule has 15 heavy (non-hydrogen) atoms. The summed E-state index contributed by atoms with van der Waals surface area (Å²) in [5.74, 6) is 0.240. The predicted octanol–water partition coefficient (Wildman–Crippen LogP) is 0.903. The van der Waals surface area contributed by atoms with Crippen LogP contribution in [0.1, 0.15) is 33.6 Å². The average Bonchev–Trinajstić information content (AvgIpc) is 2.14. The minimum absolute atomic E-state index is 0.0766. The molecule has 0 saturated carbocycles. The van der Waals surface area contributed by atoms with Crippen molar-refractivity contribution >= 4 is 5.91 Å². The van der Waals surface area contributed by atoms with Crippen LogP contribution in [0.4, 0.5) is 0 Å². The number of ether oxygens (including phenoxy) is 1. The largest absolute Gasteiger partial charge is 0.384 e. The molecule has 0 heterocycles. The van der Waals surface area contributed by atoms with Gasteiger partial charge in [-0.2, -0.15) is 0 Å². The van der Waals surface area contributed by atoms with E-state index in [1.54, 1.807) is 14.0 Å². The van der Waals surface area contributed by atoms with E-state index in [2.05, 4.69) is 5.32 Å². The van der Waals surface area contributed by atoms with E-state index in [1.807, 2.05) is 13.8 Å². The summed E-state index contributed by atoms with van der Waals surface area (Å²) in [7, 11) is 1.66. The van der Waals surface area contributed by atoms with Crippen LogP contribution in [0, 0.1) is 5.92 Å². The van der Waals surface area contributed by atoms with E-state index in [1.165, 1.54) is 0 Å². The summed E-state index contributed by atoms with van der Waals surface area (Å²) in [6.07, 6.45) is 1.62. The van der Waals surface area contributed by atoms with Crippen LogP contribution in [-0.4, -0.2) is 31.7 Å². The van der Waals surface area contributed by atoms with E-state index >= 15 is 0 Å². The lowest BCUT2D eigenvalue weighted by Crippen LogP contribution is -2.52. The van der Waals surface area contributed by atoms with Gasteiger partial charge in [0.15, 0.2) is 0 Å². The SMILES string of the molecule is CCCC(C)(N)C(=O)NCC(C)COC. The Labute approximate surface area is 92.6 Å². The van der Waals surface area contributed by atoms with Gasteiger partial charge in [0.05, 0.1) is 12.1 Å². The van der Waals surface area contributed by atoms with E-state index in [0.717, 1.165) is 6.42 Å². The highest BCUT2D eigenvalue weighted by Gasteiger charge is 2.26. The maximum absolute atomic E-state index is 11.7. The molecule has 0 aromatic carbocycles. The molecule has 0 radical (unpaired) electrons. The van der Waals surface area contributed by atoms with Gasteiger partial charge in [-0.1, -0.05) is 20.3 Å². The zero-order valence-corrected chi connectivity index (χ0v) is 10.3. The molecular weight excluding hydrogens is 192 g/mol. The van der Waals surface area contributed by atoms with E-state index < -0.39 is 5.54 Å². The molecule has 0 fully saturated rings. The lowest BCUT2D eigenvalue weighted by atomic mass is 9.96. The molecule has 0 saturated heterocycles. The van der Waals surface area contributed by atoms with Crippen molar-refractivity contribution in [3.05, 3.63) is 0 Å². The van der Waals surface area contributed by atoms with Crippen LogP contribution in [0.5, 0.6) is 0 Å². The molecule has 1 amide bonds. The Hall–Kier alpha value is -0.610. The number of amides is 1. The Morgan fingerprint density at radius 2 is 2.20 bits per heavy atom. The fourth-order valence-electron chi connectivity index (χ4n) is 1.45. The van der Waals surface area contributed by atoms with Gasteiger partial charge in [0, 0.05) is 13.7 Å². The standard InChI is InChI=1S/C11H24N2O2/c1-5-6-11(3,12)10(14)13-7-9(2)8-15-4/h9H,5-8,12H2,1-4H3,(H,13,14). The van der Waals surface area contributed by atoms with Crippen LogP contribution in [0.25, 0.3) is 0 Å². The molecule has 4 heteroatoms. The number of hydrogen-bond donors (Lipinski definition) is 2. The predicted molar refractivity (Wildman–Crippen MR) is 61.6 cm³/mol. The molecule has 0 bridgehead atoms. The highest BCUT2D eigenvalue weighted by atomic mass is 16.5. The van der Waals surface area contributed by atoms with Crippen LogP contribution in [-0.2, 0) is 9.53 Å². The first-order chi connectivity index (χ1) is 6.94. The molecule has 0 aliphatic rings. The number of rotatable bonds is 7. The molecule has 3 N–H and O–H groups in total. The van der Waals surface area contributed by atoms with Crippen molar-refractivity contribution in [2.75, 3.05) is 20.3 Å². The molecule has 2 unspecified atom stereocenters. The van der Waals surface area contributed by atoms with E-state index in [4.69, 9.17) is 10.5 Å². The minimum Gasteiger partial charge on any atom is -0.384 e. The van der Waals surface area contributed by atoms with Crippen LogP contribution >= 0.6 is 0 Å². The molecular formula is C11H24N2O2. The van der Waals surface area contributed by atoms with E-state index in [0.29, 0.717) is 25.5 Å². The number of nitrogens with one attached hydrogen (secondary N) is 1. The summed E-state index contributed by atoms with van der Waals surface area (Å²) in [4.78, 5) is 11.7. The number of methoxy groups -OCH3 is 1. The van der Waals surface area contributed by atoms with Crippen LogP contribution in [0.15, 0.2) is 0 Å². The van der Waals surface area contributed by atoms with Crippen molar-refractivity contribution < 1.29 is 9.53 Å². The van der Waals surface area contributed by atoms with Crippen molar-refractivity contribution in [1.29, 1.82) is 0 Å². The first-order valence-corrected chi connectivity index (χ1v) is 5.50. The fourth-order valence-corrected chi connectivity index (χ4v) is 1.45. The first-order valence-electron chi connectivity index (χ1n) is 5.50. The molecule has 0 aromatic rings. The number of carbonyl (C=O) groups excluding carboxylic acids is 1. The van der Waals surface area contributed by atoms with Crippen LogP contribution < -0.4 is 11.1 Å². The van der Waals surface area contributed by atoms with Crippen LogP contribution in [0.2, 0.25) is 0 Å². The lowest BCUT2D eigenvalue weighted by Gasteiger charge is -2.23. The quantitative estimate of drug-likeness (QED) is 0.664. The summed E-state index contributed by atoms with van der Waals surface area (Å²) < 4.78 is 4.99. The highest BCUT2D eigenvalue weighted by Crippen LogP contribution is 2.08. The minimum atomic E-state index is -0.748. The summed E-state index contributed by atoms with van der Waals surface area (Å²) in [5.41, 5.74) is 5.14. The maximum atomic E-state index is 11.7. The topological polar surface area (TPSA) is 64.4 Å². The van der Waals surface area contributed by atoms with Crippen molar-refractivity contribution in [2.24, 2.45) is 11.7 Å². The zero-order valence-electron chi connectivity index (χ0n) is 10.3. The summed E-state index contributed by atoms with van der Waals surface area (Å²) in [6, 6.07) is 0. The van der Waals surface area contributed by atoms with Gasteiger partial charge in [0.25, 0.3) is 0 Å². The molecule has 0 aliphatic heterocycles.